The van der Waals surface area contributed by atoms with Crippen LogP contribution >= 0.6 is 0 Å². The zero-order valence-corrected chi connectivity index (χ0v) is 13.5. The molecule has 0 bridgehead atoms. The van der Waals surface area contributed by atoms with Gasteiger partial charge in [-0.2, -0.15) is 0 Å². The first-order chi connectivity index (χ1) is 10.5. The third-order valence-corrected chi connectivity index (χ3v) is 5.60. The van der Waals surface area contributed by atoms with E-state index in [0.717, 1.165) is 26.2 Å². The van der Waals surface area contributed by atoms with E-state index in [1.165, 1.54) is 19.3 Å². The summed E-state index contributed by atoms with van der Waals surface area (Å²) >= 11 is 0. The van der Waals surface area contributed by atoms with Gasteiger partial charge in [-0.05, 0) is 26.3 Å². The number of rotatable bonds is 3. The van der Waals surface area contributed by atoms with Gasteiger partial charge in [0.2, 0.25) is 11.8 Å². The summed E-state index contributed by atoms with van der Waals surface area (Å²) in [6.07, 6.45) is 2.99. The van der Waals surface area contributed by atoms with Gasteiger partial charge in [-0.25, -0.2) is 0 Å². The molecule has 0 aromatic carbocycles. The highest BCUT2D eigenvalue weighted by Gasteiger charge is 2.48. The third kappa shape index (κ3) is 2.74. The first-order valence-corrected chi connectivity index (χ1v) is 8.50. The maximum absolute atomic E-state index is 12.8. The summed E-state index contributed by atoms with van der Waals surface area (Å²) in [5, 5.41) is 12.5. The molecule has 6 nitrogen and oxygen atoms in total. The lowest BCUT2D eigenvalue weighted by Gasteiger charge is -2.47. The lowest BCUT2D eigenvalue weighted by atomic mass is 9.78. The van der Waals surface area contributed by atoms with Crippen LogP contribution in [0.2, 0.25) is 0 Å². The van der Waals surface area contributed by atoms with Crippen molar-refractivity contribution in [3.8, 4) is 0 Å². The first-order valence-electron chi connectivity index (χ1n) is 8.50. The van der Waals surface area contributed by atoms with Crippen molar-refractivity contribution < 1.29 is 14.7 Å². The molecular weight excluding hydrogens is 282 g/mol. The zero-order valence-electron chi connectivity index (χ0n) is 13.5. The predicted octanol–water partition coefficient (Wildman–Crippen LogP) is -0.185. The molecular formula is C16H27N3O3. The van der Waals surface area contributed by atoms with Crippen LogP contribution in [0.25, 0.3) is 0 Å². The van der Waals surface area contributed by atoms with E-state index in [4.69, 9.17) is 0 Å². The summed E-state index contributed by atoms with van der Waals surface area (Å²) in [5.74, 6) is -0.750. The van der Waals surface area contributed by atoms with Crippen LogP contribution in [0.3, 0.4) is 0 Å². The Kier molecular flexibility index (Phi) is 4.41. The third-order valence-electron chi connectivity index (χ3n) is 5.60. The minimum Gasteiger partial charge on any atom is -0.393 e. The number of hydrogen-bond acceptors (Lipinski definition) is 4. The van der Waals surface area contributed by atoms with E-state index in [1.54, 1.807) is 6.92 Å². The molecule has 3 aliphatic rings. The topological polar surface area (TPSA) is 72.9 Å². The largest absolute Gasteiger partial charge is 0.393 e. The summed E-state index contributed by atoms with van der Waals surface area (Å²) in [6.45, 7) is 7.19. The van der Waals surface area contributed by atoms with E-state index in [0.29, 0.717) is 6.04 Å². The van der Waals surface area contributed by atoms with E-state index in [-0.39, 0.29) is 23.8 Å². The van der Waals surface area contributed by atoms with E-state index in [9.17, 15) is 14.7 Å². The highest BCUT2D eigenvalue weighted by atomic mass is 16.3. The quantitative estimate of drug-likeness (QED) is 0.709. The molecule has 2 N–H and O–H groups in total. The highest BCUT2D eigenvalue weighted by molar-refractivity contribution is 5.90. The maximum Gasteiger partial charge on any atom is 0.228 e. The second kappa shape index (κ2) is 6.16. The smallest absolute Gasteiger partial charge is 0.228 e. The zero-order chi connectivity index (χ0) is 15.9. The average Bonchev–Trinajstić information content (AvgIpc) is 2.50. The summed E-state index contributed by atoms with van der Waals surface area (Å²) in [7, 11) is 0. The van der Waals surface area contributed by atoms with Crippen molar-refractivity contribution in [3.05, 3.63) is 0 Å². The van der Waals surface area contributed by atoms with E-state index in [1.807, 2.05) is 11.8 Å². The molecule has 0 saturated carbocycles. The Morgan fingerprint density at radius 3 is 2.73 bits per heavy atom. The van der Waals surface area contributed by atoms with Crippen LogP contribution in [0.1, 0.15) is 33.1 Å². The normalized spacial score (nSPS) is 35.1. The Bertz CT molecular complexity index is 454. The van der Waals surface area contributed by atoms with Crippen LogP contribution in [0.5, 0.6) is 0 Å². The lowest BCUT2D eigenvalue weighted by molar-refractivity contribution is -0.150. The molecule has 3 aliphatic heterocycles. The van der Waals surface area contributed by atoms with E-state index < -0.39 is 12.0 Å². The molecule has 124 valence electrons. The van der Waals surface area contributed by atoms with Crippen LogP contribution < -0.4 is 5.32 Å². The number of aliphatic hydroxyl groups is 1. The van der Waals surface area contributed by atoms with Crippen molar-refractivity contribution in [2.45, 2.75) is 51.3 Å². The van der Waals surface area contributed by atoms with Gasteiger partial charge < -0.3 is 15.3 Å². The van der Waals surface area contributed by atoms with Crippen molar-refractivity contribution in [1.29, 1.82) is 0 Å². The van der Waals surface area contributed by atoms with Gasteiger partial charge in [0.05, 0.1) is 24.0 Å². The van der Waals surface area contributed by atoms with Gasteiger partial charge in [0.25, 0.3) is 0 Å². The number of fused-ring (bicyclic) bond motifs is 1. The molecule has 0 aromatic heterocycles. The lowest BCUT2D eigenvalue weighted by Crippen LogP contribution is -2.67. The van der Waals surface area contributed by atoms with Gasteiger partial charge >= 0.3 is 0 Å². The molecule has 3 saturated heterocycles. The predicted molar refractivity (Wildman–Crippen MR) is 82.1 cm³/mol. The molecule has 3 heterocycles. The maximum atomic E-state index is 12.8. The molecule has 0 aromatic rings. The number of nitrogens with zero attached hydrogens (tertiary/aromatic N) is 2. The molecule has 3 fully saturated rings. The second-order valence-electron chi connectivity index (χ2n) is 7.06. The number of carbonyl (C=O) groups is 2. The average molecular weight is 309 g/mol. The molecule has 2 amide bonds. The standard InChI is InChI=1S/C16H27N3O3/c1-10(14-13(11(2)20)15(21)17-14)16(22)19-8-7-18-6-4-3-5-12(18)9-19/h10-14,20H,3-9H2,1-2H3,(H,17,21)/t10-,11-,12?,13-,14-/m1/s1. The molecule has 5 atom stereocenters. The van der Waals surface area contributed by atoms with Gasteiger partial charge in [-0.3, -0.25) is 14.5 Å². The molecule has 6 heteroatoms. The Morgan fingerprint density at radius 1 is 1.27 bits per heavy atom. The van der Waals surface area contributed by atoms with Crippen LogP contribution in [0, 0.1) is 11.8 Å². The van der Waals surface area contributed by atoms with Crippen LogP contribution in [-0.2, 0) is 9.59 Å². The minimum atomic E-state index is -0.704. The number of hydrogen-bond donors (Lipinski definition) is 2. The SMILES string of the molecule is C[C@@H](O)[C@H]1C(=O)N[C@@H]1[C@@H](C)C(=O)N1CCN2CCCCC2C1. The Morgan fingerprint density at radius 2 is 2.05 bits per heavy atom. The fourth-order valence-electron chi connectivity index (χ4n) is 4.17. The van der Waals surface area contributed by atoms with Gasteiger partial charge in [-0.15, -0.1) is 0 Å². The fraction of sp³-hybridized carbons (Fsp3) is 0.875. The van der Waals surface area contributed by atoms with Crippen LogP contribution in [0.15, 0.2) is 0 Å². The van der Waals surface area contributed by atoms with Gasteiger partial charge in [0.15, 0.2) is 0 Å². The summed E-state index contributed by atoms with van der Waals surface area (Å²) < 4.78 is 0. The van der Waals surface area contributed by atoms with Gasteiger partial charge in [-0.1, -0.05) is 13.3 Å². The monoisotopic (exact) mass is 309 g/mol. The van der Waals surface area contributed by atoms with E-state index in [2.05, 4.69) is 10.2 Å². The fourth-order valence-corrected chi connectivity index (χ4v) is 4.17. The number of carbonyl (C=O) groups excluding carboxylic acids is 2. The number of amides is 2. The van der Waals surface area contributed by atoms with Crippen molar-refractivity contribution in [2.24, 2.45) is 11.8 Å². The Labute approximate surface area is 131 Å². The summed E-state index contributed by atoms with van der Waals surface area (Å²) in [6, 6.07) is 0.270. The Hall–Kier alpha value is -1.14. The molecule has 3 rings (SSSR count). The number of piperazine rings is 1. The number of β-lactam (4-membered cyclic amide) rings is 1. The van der Waals surface area contributed by atoms with Gasteiger partial charge in [0, 0.05) is 25.7 Å². The minimum absolute atomic E-state index is 0.112. The molecule has 0 aliphatic carbocycles. The summed E-state index contributed by atoms with van der Waals surface area (Å²) in [5.41, 5.74) is 0. The van der Waals surface area contributed by atoms with Crippen molar-refractivity contribution >= 4 is 11.8 Å². The van der Waals surface area contributed by atoms with E-state index >= 15 is 0 Å². The highest BCUT2D eigenvalue weighted by Crippen LogP contribution is 2.28. The number of nitrogens with one attached hydrogen (secondary N) is 1. The number of aliphatic hydroxyl groups excluding tert-OH is 1. The molecule has 0 radical (unpaired) electrons. The Balaban J connectivity index is 1.60. The molecule has 0 spiro atoms. The summed E-state index contributed by atoms with van der Waals surface area (Å²) in [4.78, 5) is 28.8. The van der Waals surface area contributed by atoms with Crippen LogP contribution in [0.4, 0.5) is 0 Å². The van der Waals surface area contributed by atoms with Crippen molar-refractivity contribution in [2.75, 3.05) is 26.2 Å². The van der Waals surface area contributed by atoms with Crippen molar-refractivity contribution in [3.63, 3.8) is 0 Å². The van der Waals surface area contributed by atoms with Crippen LogP contribution in [-0.4, -0.2) is 71.1 Å². The number of piperidine rings is 1. The van der Waals surface area contributed by atoms with Gasteiger partial charge in [0.1, 0.15) is 0 Å². The van der Waals surface area contributed by atoms with Crippen molar-refractivity contribution in [1.82, 2.24) is 15.1 Å². The molecule has 22 heavy (non-hydrogen) atoms. The first kappa shape index (κ1) is 15.7. The second-order valence-corrected chi connectivity index (χ2v) is 7.06. The molecule has 1 unspecified atom stereocenters.